The number of urea groups is 1. The van der Waals surface area contributed by atoms with Crippen molar-refractivity contribution in [1.29, 1.82) is 0 Å². The van der Waals surface area contributed by atoms with E-state index in [-0.39, 0.29) is 40.8 Å². The number of fused-ring (bicyclic) bond motifs is 1. The van der Waals surface area contributed by atoms with E-state index in [1.54, 1.807) is 43.3 Å². The first-order valence-corrected chi connectivity index (χ1v) is 10.9. The van der Waals surface area contributed by atoms with Crippen LogP contribution in [0.2, 0.25) is 0 Å². The van der Waals surface area contributed by atoms with E-state index >= 15 is 0 Å². The monoisotopic (exact) mass is 545 g/mol. The average molecular weight is 545 g/mol. The number of carbonyl (C=O) groups is 2. The fourth-order valence-corrected chi connectivity index (χ4v) is 4.61. The van der Waals surface area contributed by atoms with Crippen LogP contribution in [0.3, 0.4) is 0 Å². The molecule has 1 aromatic carbocycles. The number of amides is 3. The van der Waals surface area contributed by atoms with Gasteiger partial charge in [0.1, 0.15) is 0 Å². The SMILES string of the molecule is C[C@H]1Cn2ncc(N3CC(C)(CO)CC3=O)c2CN1C(=O)Nc1cc(F)c(F)c(I)c1. The predicted octanol–water partition coefficient (Wildman–Crippen LogP) is 2.94. The van der Waals surface area contributed by atoms with Crippen LogP contribution in [0.5, 0.6) is 0 Å². The molecule has 2 N–H and O–H groups in total. The molecule has 166 valence electrons. The summed E-state index contributed by atoms with van der Waals surface area (Å²) in [6.45, 7) is 4.61. The highest BCUT2D eigenvalue weighted by atomic mass is 127. The van der Waals surface area contributed by atoms with Crippen molar-refractivity contribution in [2.24, 2.45) is 5.41 Å². The van der Waals surface area contributed by atoms with Crippen molar-refractivity contribution in [3.8, 4) is 0 Å². The number of nitrogens with one attached hydrogen (secondary N) is 1. The van der Waals surface area contributed by atoms with E-state index in [2.05, 4.69) is 10.4 Å². The molecule has 1 unspecified atom stereocenters. The summed E-state index contributed by atoms with van der Waals surface area (Å²) in [6, 6.07) is 1.64. The highest BCUT2D eigenvalue weighted by molar-refractivity contribution is 14.1. The van der Waals surface area contributed by atoms with Crippen LogP contribution in [0.25, 0.3) is 0 Å². The lowest BCUT2D eigenvalue weighted by Gasteiger charge is -2.35. The fraction of sp³-hybridized carbons (Fsp3) is 0.450. The number of aliphatic hydroxyl groups excluding tert-OH is 1. The van der Waals surface area contributed by atoms with E-state index in [0.717, 1.165) is 6.07 Å². The largest absolute Gasteiger partial charge is 0.396 e. The number of aromatic nitrogens is 2. The van der Waals surface area contributed by atoms with Gasteiger partial charge in [0.2, 0.25) is 5.91 Å². The van der Waals surface area contributed by atoms with Crippen molar-refractivity contribution < 1.29 is 23.5 Å². The highest BCUT2D eigenvalue weighted by Gasteiger charge is 2.42. The minimum atomic E-state index is -1.03. The number of benzene rings is 1. The maximum absolute atomic E-state index is 13.7. The summed E-state index contributed by atoms with van der Waals surface area (Å²) < 4.78 is 29.1. The zero-order valence-corrected chi connectivity index (χ0v) is 19.2. The van der Waals surface area contributed by atoms with Gasteiger partial charge in [-0.2, -0.15) is 5.10 Å². The Labute approximate surface area is 191 Å². The van der Waals surface area contributed by atoms with Gasteiger partial charge in [0.25, 0.3) is 0 Å². The first-order valence-electron chi connectivity index (χ1n) is 9.80. The van der Waals surface area contributed by atoms with Crippen molar-refractivity contribution in [2.45, 2.75) is 39.4 Å². The molecular formula is C20H22F2IN5O3. The summed E-state index contributed by atoms with van der Waals surface area (Å²) in [7, 11) is 0. The van der Waals surface area contributed by atoms with Gasteiger partial charge in [0.15, 0.2) is 11.6 Å². The lowest BCUT2D eigenvalue weighted by atomic mass is 9.91. The van der Waals surface area contributed by atoms with Crippen LogP contribution in [-0.4, -0.2) is 50.9 Å². The molecular weight excluding hydrogens is 523 g/mol. The Morgan fingerprint density at radius 3 is 2.81 bits per heavy atom. The normalized spacial score (nSPS) is 23.3. The molecule has 31 heavy (non-hydrogen) atoms. The molecule has 3 amide bonds. The molecule has 3 heterocycles. The van der Waals surface area contributed by atoms with Gasteiger partial charge in [0, 0.05) is 30.1 Å². The Hall–Kier alpha value is -2.28. The summed E-state index contributed by atoms with van der Waals surface area (Å²) in [5, 5.41) is 16.6. The minimum Gasteiger partial charge on any atom is -0.396 e. The molecule has 0 bridgehead atoms. The quantitative estimate of drug-likeness (QED) is 0.459. The molecule has 1 fully saturated rings. The van der Waals surface area contributed by atoms with Gasteiger partial charge < -0.3 is 20.2 Å². The Bertz CT molecular complexity index is 1040. The van der Waals surface area contributed by atoms with E-state index in [9.17, 15) is 23.5 Å². The molecule has 2 aliphatic rings. The molecule has 1 aromatic heterocycles. The van der Waals surface area contributed by atoms with Crippen molar-refractivity contribution in [3.05, 3.63) is 39.2 Å². The molecule has 2 aromatic rings. The molecule has 2 aliphatic heterocycles. The second kappa shape index (κ2) is 8.01. The van der Waals surface area contributed by atoms with Crippen molar-refractivity contribution in [3.63, 3.8) is 0 Å². The number of aliphatic hydroxyl groups is 1. The van der Waals surface area contributed by atoms with Crippen LogP contribution in [0.1, 0.15) is 26.0 Å². The fourth-order valence-electron chi connectivity index (χ4n) is 4.02. The maximum Gasteiger partial charge on any atom is 0.322 e. The standard InChI is InChI=1S/C20H22F2IN5O3/c1-11-7-28-16(15(6-24-28)27-9-20(2,10-29)5-17(27)30)8-26(11)19(31)25-12-3-13(21)18(22)14(23)4-12/h3-4,6,11,29H,5,7-10H2,1-2H3,(H,25,31)/t11-,20?/m0/s1. The summed E-state index contributed by atoms with van der Waals surface area (Å²) in [5.74, 6) is -2.09. The van der Waals surface area contributed by atoms with Crippen LogP contribution in [0, 0.1) is 20.6 Å². The van der Waals surface area contributed by atoms with Crippen molar-refractivity contribution >= 4 is 45.9 Å². The van der Waals surface area contributed by atoms with E-state index in [1.165, 1.54) is 6.07 Å². The van der Waals surface area contributed by atoms with Crippen LogP contribution < -0.4 is 10.2 Å². The second-order valence-corrected chi connectivity index (χ2v) is 9.61. The summed E-state index contributed by atoms with van der Waals surface area (Å²) in [6.07, 6.45) is 1.85. The third kappa shape index (κ3) is 4.00. The first-order chi connectivity index (χ1) is 14.6. The van der Waals surface area contributed by atoms with E-state index in [4.69, 9.17) is 0 Å². The zero-order chi connectivity index (χ0) is 22.5. The van der Waals surface area contributed by atoms with Crippen LogP contribution in [0.15, 0.2) is 18.3 Å². The first kappa shape index (κ1) is 21.9. The molecule has 4 rings (SSSR count). The number of halogens is 3. The third-order valence-corrected chi connectivity index (χ3v) is 6.59. The molecule has 8 nitrogen and oxygen atoms in total. The van der Waals surface area contributed by atoms with Gasteiger partial charge in [-0.25, -0.2) is 13.6 Å². The van der Waals surface area contributed by atoms with E-state index in [0.29, 0.717) is 24.5 Å². The zero-order valence-electron chi connectivity index (χ0n) is 17.0. The van der Waals surface area contributed by atoms with Gasteiger partial charge in [-0.15, -0.1) is 0 Å². The molecule has 0 aliphatic carbocycles. The number of carbonyl (C=O) groups excluding carboxylic acids is 2. The summed E-state index contributed by atoms with van der Waals surface area (Å²) in [5.41, 5.74) is 0.973. The molecule has 11 heteroatoms. The number of rotatable bonds is 3. The third-order valence-electron chi connectivity index (χ3n) is 5.80. The van der Waals surface area contributed by atoms with Crippen LogP contribution in [0.4, 0.5) is 25.0 Å². The lowest BCUT2D eigenvalue weighted by molar-refractivity contribution is -0.117. The molecule has 0 radical (unpaired) electrons. The Morgan fingerprint density at radius 2 is 2.16 bits per heavy atom. The summed E-state index contributed by atoms with van der Waals surface area (Å²) >= 11 is 1.67. The molecule has 0 saturated carbocycles. The van der Waals surface area contributed by atoms with Crippen LogP contribution in [-0.2, 0) is 17.9 Å². The van der Waals surface area contributed by atoms with Gasteiger partial charge >= 0.3 is 6.03 Å². The number of nitrogens with zero attached hydrogens (tertiary/aromatic N) is 4. The van der Waals surface area contributed by atoms with Gasteiger partial charge in [-0.1, -0.05) is 6.92 Å². The average Bonchev–Trinajstić information content (AvgIpc) is 3.25. The molecule has 2 atom stereocenters. The Kier molecular flexibility index (Phi) is 5.66. The summed E-state index contributed by atoms with van der Waals surface area (Å²) in [4.78, 5) is 28.7. The molecule has 1 saturated heterocycles. The van der Waals surface area contributed by atoms with Crippen molar-refractivity contribution in [1.82, 2.24) is 14.7 Å². The second-order valence-electron chi connectivity index (χ2n) is 8.44. The highest BCUT2D eigenvalue weighted by Crippen LogP contribution is 2.36. The maximum atomic E-state index is 13.7. The number of anilines is 2. The van der Waals surface area contributed by atoms with Crippen LogP contribution >= 0.6 is 22.6 Å². The van der Waals surface area contributed by atoms with E-state index in [1.807, 2.05) is 13.8 Å². The van der Waals surface area contributed by atoms with Crippen molar-refractivity contribution in [2.75, 3.05) is 23.4 Å². The predicted molar refractivity (Wildman–Crippen MR) is 117 cm³/mol. The van der Waals surface area contributed by atoms with E-state index < -0.39 is 23.1 Å². The van der Waals surface area contributed by atoms with Gasteiger partial charge in [-0.3, -0.25) is 9.48 Å². The minimum absolute atomic E-state index is 0.0689. The smallest absolute Gasteiger partial charge is 0.322 e. The van der Waals surface area contributed by atoms with Gasteiger partial charge in [-0.05, 0) is 35.6 Å². The van der Waals surface area contributed by atoms with Gasteiger partial charge in [0.05, 0.1) is 46.9 Å². The topological polar surface area (TPSA) is 90.7 Å². The Morgan fingerprint density at radius 1 is 1.42 bits per heavy atom. The lowest BCUT2D eigenvalue weighted by Crippen LogP contribution is -2.47. The Balaban J connectivity index is 1.56. The number of hydrogen-bond donors (Lipinski definition) is 2. The number of hydrogen-bond acceptors (Lipinski definition) is 4. The molecule has 0 spiro atoms.